The minimum atomic E-state index is -0.755. The highest BCUT2D eigenvalue weighted by Crippen LogP contribution is 2.33. The number of nitrogens with zero attached hydrogens (tertiary/aromatic N) is 4. The van der Waals surface area contributed by atoms with Crippen molar-refractivity contribution in [3.8, 4) is 0 Å². The molecular formula is C66H90N10O8. The van der Waals surface area contributed by atoms with Crippen molar-refractivity contribution in [1.82, 2.24) is 51.5 Å². The number of amides is 8. The van der Waals surface area contributed by atoms with E-state index in [0.29, 0.717) is 49.9 Å². The summed E-state index contributed by atoms with van der Waals surface area (Å²) in [7, 11) is 3.42. The fourth-order valence-electron chi connectivity index (χ4n) is 13.1. The van der Waals surface area contributed by atoms with Crippen LogP contribution in [0.2, 0.25) is 0 Å². The van der Waals surface area contributed by atoms with E-state index in [1.54, 1.807) is 59.7 Å². The molecular weight excluding hydrogens is 1060 g/mol. The van der Waals surface area contributed by atoms with Gasteiger partial charge >= 0.3 is 0 Å². The predicted octanol–water partition coefficient (Wildman–Crippen LogP) is 5.77. The van der Waals surface area contributed by atoms with Crippen LogP contribution in [-0.4, -0.2) is 169 Å². The van der Waals surface area contributed by atoms with Crippen LogP contribution < -0.4 is 31.9 Å². The van der Waals surface area contributed by atoms with Gasteiger partial charge in [0.25, 0.3) is 11.8 Å². The quantitative estimate of drug-likeness (QED) is 0.0498. The molecule has 18 heteroatoms. The third-order valence-corrected chi connectivity index (χ3v) is 18.0. The summed E-state index contributed by atoms with van der Waals surface area (Å²) in [5.74, 6) is -1.89. The molecule has 2 heterocycles. The SMILES string of the molecule is CN[C@@H](C)C(=O)N[C@H](C(=O)N1C[C@@H](NC(C)=O)C[C@@H]1CN(CCc1ccccc1)C(=O)c1ccc2cc(C(=O)N(CCc3ccccc3)C[C@@H]3C[C@H](NC(C)=O)CN3C(=O)[C@@H](NC(=O)[C@H](C)NC)C3CCCCC3)ccc2c1)C1CCCCC1. The van der Waals surface area contributed by atoms with E-state index in [4.69, 9.17) is 0 Å². The van der Waals surface area contributed by atoms with Gasteiger partial charge in [-0.05, 0) is 137 Å². The first-order valence-corrected chi connectivity index (χ1v) is 30.8. The molecule has 0 bridgehead atoms. The fraction of sp³-hybridized carbons (Fsp3) is 0.545. The van der Waals surface area contributed by atoms with Crippen molar-refractivity contribution in [1.29, 1.82) is 0 Å². The number of nitrogens with one attached hydrogen (secondary N) is 6. The molecule has 4 aromatic rings. The maximum Gasteiger partial charge on any atom is 0.253 e. The van der Waals surface area contributed by atoms with Crippen molar-refractivity contribution >= 4 is 58.0 Å². The van der Waals surface area contributed by atoms with E-state index in [2.05, 4.69) is 31.9 Å². The van der Waals surface area contributed by atoms with Crippen LogP contribution in [0.15, 0.2) is 97.1 Å². The lowest BCUT2D eigenvalue weighted by Gasteiger charge is -2.37. The van der Waals surface area contributed by atoms with Crippen LogP contribution in [0.5, 0.6) is 0 Å². The first-order valence-electron chi connectivity index (χ1n) is 30.8. The van der Waals surface area contributed by atoms with Crippen molar-refractivity contribution in [2.24, 2.45) is 11.8 Å². The number of carbonyl (C=O) groups is 8. The summed E-state index contributed by atoms with van der Waals surface area (Å²) in [6, 6.07) is 26.7. The van der Waals surface area contributed by atoms with Crippen LogP contribution >= 0.6 is 0 Å². The molecule has 4 aliphatic rings. The topological polar surface area (TPSA) is 222 Å². The second-order valence-corrected chi connectivity index (χ2v) is 24.1. The Hall–Kier alpha value is -7.18. The number of hydrogen-bond donors (Lipinski definition) is 6. The van der Waals surface area contributed by atoms with E-state index in [9.17, 15) is 19.2 Å². The first kappa shape index (κ1) is 62.9. The zero-order valence-electron chi connectivity index (χ0n) is 50.2. The maximum atomic E-state index is 15.1. The number of benzene rings is 4. The molecule has 2 aliphatic carbocycles. The first-order chi connectivity index (χ1) is 40.5. The molecule has 84 heavy (non-hydrogen) atoms. The minimum Gasteiger partial charge on any atom is -0.352 e. The average Bonchev–Trinajstić information content (AvgIpc) is 3.66. The number of likely N-dealkylation sites (tertiary alicyclic amines) is 2. The molecule has 18 nitrogen and oxygen atoms in total. The van der Waals surface area contributed by atoms with Gasteiger partial charge in [0.15, 0.2) is 0 Å². The Bertz CT molecular complexity index is 2720. The molecule has 2 aliphatic heterocycles. The van der Waals surface area contributed by atoms with E-state index in [0.717, 1.165) is 86.1 Å². The zero-order chi connectivity index (χ0) is 59.9. The van der Waals surface area contributed by atoms with E-state index < -0.39 is 36.3 Å². The Morgan fingerprint density at radius 1 is 0.512 bits per heavy atom. The van der Waals surface area contributed by atoms with Crippen LogP contribution in [0, 0.1) is 11.8 Å². The Labute approximate surface area is 496 Å². The van der Waals surface area contributed by atoms with Crippen molar-refractivity contribution in [2.45, 2.75) is 166 Å². The summed E-state index contributed by atoms with van der Waals surface area (Å²) >= 11 is 0. The van der Waals surface area contributed by atoms with Crippen LogP contribution in [-0.2, 0) is 41.6 Å². The van der Waals surface area contributed by atoms with Gasteiger partial charge in [0, 0.05) is 76.3 Å². The van der Waals surface area contributed by atoms with Gasteiger partial charge in [-0.25, -0.2) is 0 Å². The Balaban J connectivity index is 1.07. The minimum absolute atomic E-state index is 0.0449. The lowest BCUT2D eigenvalue weighted by molar-refractivity contribution is -0.140. The van der Waals surface area contributed by atoms with Gasteiger partial charge in [-0.15, -0.1) is 0 Å². The van der Waals surface area contributed by atoms with Gasteiger partial charge in [0.05, 0.1) is 24.2 Å². The van der Waals surface area contributed by atoms with Gasteiger partial charge in [-0.1, -0.05) is 111 Å². The lowest BCUT2D eigenvalue weighted by Crippen LogP contribution is -2.57. The number of likely N-dealkylation sites (N-methyl/N-ethyl adjacent to an activating group) is 2. The Morgan fingerprint density at radius 3 is 1.23 bits per heavy atom. The highest BCUT2D eigenvalue weighted by molar-refractivity contribution is 6.02. The van der Waals surface area contributed by atoms with Gasteiger partial charge < -0.3 is 51.5 Å². The summed E-state index contributed by atoms with van der Waals surface area (Å²) in [6.45, 7) is 8.02. The molecule has 8 rings (SSSR count). The Morgan fingerprint density at radius 2 is 0.881 bits per heavy atom. The highest BCUT2D eigenvalue weighted by atomic mass is 16.2. The summed E-state index contributed by atoms with van der Waals surface area (Å²) < 4.78 is 0. The van der Waals surface area contributed by atoms with Crippen molar-refractivity contribution in [3.05, 3.63) is 119 Å². The van der Waals surface area contributed by atoms with Gasteiger partial charge in [0.1, 0.15) is 12.1 Å². The van der Waals surface area contributed by atoms with E-state index >= 15 is 19.2 Å². The molecule has 6 N–H and O–H groups in total. The number of hydrogen-bond acceptors (Lipinski definition) is 10. The fourth-order valence-corrected chi connectivity index (χ4v) is 13.1. The van der Waals surface area contributed by atoms with Crippen LogP contribution in [0.3, 0.4) is 0 Å². The number of fused-ring (bicyclic) bond motifs is 1. The second kappa shape index (κ2) is 30.1. The summed E-state index contributed by atoms with van der Waals surface area (Å²) in [5, 5.41) is 19.8. The van der Waals surface area contributed by atoms with Gasteiger partial charge in [-0.3, -0.25) is 38.4 Å². The zero-order valence-corrected chi connectivity index (χ0v) is 50.2. The predicted molar refractivity (Wildman–Crippen MR) is 326 cm³/mol. The van der Waals surface area contributed by atoms with E-state index in [-0.39, 0.29) is 97.4 Å². The van der Waals surface area contributed by atoms with E-state index in [1.165, 1.54) is 13.8 Å². The van der Waals surface area contributed by atoms with Crippen molar-refractivity contribution < 1.29 is 38.4 Å². The monoisotopic (exact) mass is 1150 g/mol. The molecule has 2 saturated carbocycles. The molecule has 2 saturated heterocycles. The average molecular weight is 1150 g/mol. The summed E-state index contributed by atoms with van der Waals surface area (Å²) in [5.41, 5.74) is 2.96. The van der Waals surface area contributed by atoms with Gasteiger partial charge in [-0.2, -0.15) is 0 Å². The smallest absolute Gasteiger partial charge is 0.253 e. The molecule has 452 valence electrons. The number of rotatable bonds is 24. The summed E-state index contributed by atoms with van der Waals surface area (Å²) in [4.78, 5) is 119. The molecule has 0 spiro atoms. The highest BCUT2D eigenvalue weighted by Gasteiger charge is 2.45. The van der Waals surface area contributed by atoms with Crippen LogP contribution in [0.4, 0.5) is 0 Å². The molecule has 0 aromatic heterocycles. The van der Waals surface area contributed by atoms with E-state index in [1.807, 2.05) is 84.9 Å². The Kier molecular flexibility index (Phi) is 22.5. The standard InChI is InChI=1S/C66H90N10O8/c1-43(67-5)61(79)71-59(49-23-15-9-16-24-49)65(83)75-39-55(69-45(3)77)37-57(75)41-73(33-31-47-19-11-7-12-20-47)63(81)53-29-27-52-36-54(30-28-51(52)35-53)64(82)74(34-32-48-21-13-8-14-22-48)42-58-38-56(70-46(4)78)40-76(58)66(84)60(50-25-17-10-18-26-50)72-62(80)44(2)68-6/h7-8,11-14,19-22,27-30,35-36,43-44,49-50,55-60,67-68H,9-10,15-18,23-26,31-34,37-42H2,1-6H3,(H,69,77)(H,70,78)(H,71,79)(H,72,80)/t43-,44-,55-,56-,57-,58+,59-,60-/m0/s1. The van der Waals surface area contributed by atoms with Crippen LogP contribution in [0.1, 0.15) is 137 Å². The maximum absolute atomic E-state index is 15.1. The largest absolute Gasteiger partial charge is 0.352 e. The third-order valence-electron chi connectivity index (χ3n) is 18.0. The molecule has 4 aromatic carbocycles. The van der Waals surface area contributed by atoms with Crippen molar-refractivity contribution in [3.63, 3.8) is 0 Å². The molecule has 0 radical (unpaired) electrons. The summed E-state index contributed by atoms with van der Waals surface area (Å²) in [6.07, 6.45) is 11.2. The van der Waals surface area contributed by atoms with Gasteiger partial charge in [0.2, 0.25) is 35.4 Å². The molecule has 8 atom stereocenters. The lowest BCUT2D eigenvalue weighted by atomic mass is 9.83. The van der Waals surface area contributed by atoms with Crippen molar-refractivity contribution in [2.75, 3.05) is 53.4 Å². The molecule has 4 fully saturated rings. The molecule has 0 unspecified atom stereocenters. The third kappa shape index (κ3) is 16.6. The molecule has 8 amide bonds. The number of carbonyl (C=O) groups excluding carboxylic acids is 8. The van der Waals surface area contributed by atoms with Crippen LogP contribution in [0.25, 0.3) is 10.8 Å². The second-order valence-electron chi connectivity index (χ2n) is 24.1. The normalized spacial score (nSPS) is 20.7.